The Labute approximate surface area is 174 Å². The smallest absolute Gasteiger partial charge is 0.434 e. The maximum atomic E-state index is 13.1. The van der Waals surface area contributed by atoms with E-state index in [4.69, 9.17) is 4.74 Å². The molecule has 0 aromatic carbocycles. The number of ether oxygens (including phenoxy) is 1. The summed E-state index contributed by atoms with van der Waals surface area (Å²) in [5.41, 5.74) is -0.692. The fraction of sp³-hybridized carbons (Fsp3) is 0.368. The molecule has 0 radical (unpaired) electrons. The Morgan fingerprint density at radius 2 is 1.84 bits per heavy atom. The van der Waals surface area contributed by atoms with Crippen LogP contribution in [-0.2, 0) is 6.18 Å². The first-order valence-electron chi connectivity index (χ1n) is 9.58. The average Bonchev–Trinajstić information content (AvgIpc) is 3.20. The number of aromatic nitrogens is 6. The third-order valence-corrected chi connectivity index (χ3v) is 4.79. The zero-order valence-corrected chi connectivity index (χ0v) is 16.2. The number of pyridine rings is 1. The molecule has 1 fully saturated rings. The number of rotatable bonds is 4. The van der Waals surface area contributed by atoms with Gasteiger partial charge in [-0.05, 0) is 25.0 Å². The molecule has 1 unspecified atom stereocenters. The van der Waals surface area contributed by atoms with Gasteiger partial charge in [0, 0.05) is 25.7 Å². The van der Waals surface area contributed by atoms with Crippen molar-refractivity contribution in [2.75, 3.05) is 13.1 Å². The molecule has 162 valence electrons. The number of halogens is 3. The lowest BCUT2D eigenvalue weighted by Crippen LogP contribution is -2.33. The molecule has 1 aliphatic rings. The average molecular weight is 433 g/mol. The van der Waals surface area contributed by atoms with Crippen LogP contribution >= 0.6 is 0 Å². The summed E-state index contributed by atoms with van der Waals surface area (Å²) < 4.78 is 43.5. The van der Waals surface area contributed by atoms with E-state index in [9.17, 15) is 18.0 Å². The predicted molar refractivity (Wildman–Crippen MR) is 100 cm³/mol. The van der Waals surface area contributed by atoms with E-state index in [1.807, 2.05) is 0 Å². The molecule has 1 amide bonds. The highest BCUT2D eigenvalue weighted by molar-refractivity contribution is 5.97. The summed E-state index contributed by atoms with van der Waals surface area (Å²) in [4.78, 5) is 27.4. The zero-order chi connectivity index (χ0) is 21.8. The Kier molecular flexibility index (Phi) is 5.78. The van der Waals surface area contributed by atoms with Gasteiger partial charge in [0.2, 0.25) is 5.88 Å². The summed E-state index contributed by atoms with van der Waals surface area (Å²) in [5, 5.41) is 8.08. The van der Waals surface area contributed by atoms with Gasteiger partial charge in [0.15, 0.2) is 11.5 Å². The third-order valence-electron chi connectivity index (χ3n) is 4.79. The van der Waals surface area contributed by atoms with Gasteiger partial charge in [-0.2, -0.15) is 23.4 Å². The fourth-order valence-electron chi connectivity index (χ4n) is 3.30. The van der Waals surface area contributed by atoms with Gasteiger partial charge < -0.3 is 9.64 Å². The minimum atomic E-state index is -4.55. The van der Waals surface area contributed by atoms with Gasteiger partial charge in [-0.3, -0.25) is 4.79 Å². The van der Waals surface area contributed by atoms with Crippen molar-refractivity contribution in [3.63, 3.8) is 0 Å². The van der Waals surface area contributed by atoms with Crippen LogP contribution in [0.25, 0.3) is 5.82 Å². The van der Waals surface area contributed by atoms with Crippen LogP contribution < -0.4 is 4.74 Å². The summed E-state index contributed by atoms with van der Waals surface area (Å²) in [5.74, 6) is 0.169. The van der Waals surface area contributed by atoms with E-state index in [0.717, 1.165) is 6.20 Å². The summed E-state index contributed by atoms with van der Waals surface area (Å²) in [6.45, 7) is 0.927. The van der Waals surface area contributed by atoms with Crippen molar-refractivity contribution in [3.8, 4) is 11.7 Å². The molecule has 0 saturated carbocycles. The minimum absolute atomic E-state index is 0.0251. The molecule has 0 N–H and O–H groups in total. The third kappa shape index (κ3) is 4.78. The molecule has 4 rings (SSSR count). The molecular formula is C19H18F3N7O2. The van der Waals surface area contributed by atoms with Crippen LogP contribution in [-0.4, -0.2) is 59.9 Å². The van der Waals surface area contributed by atoms with Gasteiger partial charge in [0.1, 0.15) is 6.10 Å². The first-order valence-corrected chi connectivity index (χ1v) is 9.58. The first-order chi connectivity index (χ1) is 14.9. The van der Waals surface area contributed by atoms with Crippen LogP contribution in [0.2, 0.25) is 0 Å². The zero-order valence-electron chi connectivity index (χ0n) is 16.2. The summed E-state index contributed by atoms with van der Waals surface area (Å²) >= 11 is 0. The van der Waals surface area contributed by atoms with Crippen molar-refractivity contribution in [1.82, 2.24) is 34.8 Å². The summed E-state index contributed by atoms with van der Waals surface area (Å²) in [7, 11) is 0. The van der Waals surface area contributed by atoms with E-state index in [0.29, 0.717) is 49.9 Å². The van der Waals surface area contributed by atoms with Gasteiger partial charge in [0.05, 0.1) is 30.4 Å². The van der Waals surface area contributed by atoms with Crippen molar-refractivity contribution in [2.45, 2.75) is 31.5 Å². The molecule has 1 atom stereocenters. The number of likely N-dealkylation sites (tertiary alicyclic amines) is 1. The molecule has 9 nitrogen and oxygen atoms in total. The Bertz CT molecular complexity index is 1030. The van der Waals surface area contributed by atoms with Crippen molar-refractivity contribution in [2.24, 2.45) is 0 Å². The lowest BCUT2D eigenvalue weighted by Gasteiger charge is -2.21. The second-order valence-electron chi connectivity index (χ2n) is 6.89. The van der Waals surface area contributed by atoms with Gasteiger partial charge in [-0.15, -0.1) is 4.80 Å². The molecular weight excluding hydrogens is 415 g/mol. The van der Waals surface area contributed by atoms with Crippen molar-refractivity contribution < 1.29 is 22.7 Å². The summed E-state index contributed by atoms with van der Waals surface area (Å²) in [6, 6.07) is 3.35. The van der Waals surface area contributed by atoms with Crippen molar-refractivity contribution in [1.29, 1.82) is 0 Å². The number of hydrogen-bond acceptors (Lipinski definition) is 7. The molecule has 1 saturated heterocycles. The van der Waals surface area contributed by atoms with Crippen LogP contribution in [0, 0.1) is 0 Å². The Hall–Kier alpha value is -3.57. The van der Waals surface area contributed by atoms with E-state index in [1.165, 1.54) is 17.2 Å². The first kappa shape index (κ1) is 20.7. The molecule has 12 heteroatoms. The number of carbonyl (C=O) groups is 1. The highest BCUT2D eigenvalue weighted by Gasteiger charge is 2.33. The van der Waals surface area contributed by atoms with Gasteiger partial charge in [-0.25, -0.2) is 15.0 Å². The molecule has 1 aliphatic heterocycles. The highest BCUT2D eigenvalue weighted by atomic mass is 19.4. The molecule has 0 bridgehead atoms. The number of carbonyl (C=O) groups excluding carboxylic acids is 1. The Morgan fingerprint density at radius 1 is 1.03 bits per heavy atom. The summed E-state index contributed by atoms with van der Waals surface area (Å²) in [6.07, 6.45) is 3.15. The molecule has 31 heavy (non-hydrogen) atoms. The van der Waals surface area contributed by atoms with Gasteiger partial charge in [-0.1, -0.05) is 0 Å². The molecule has 3 aromatic rings. The number of nitrogens with zero attached hydrogens (tertiary/aromatic N) is 7. The fourth-order valence-corrected chi connectivity index (χ4v) is 3.30. The minimum Gasteiger partial charge on any atom is -0.473 e. The van der Waals surface area contributed by atoms with Crippen LogP contribution in [0.5, 0.6) is 5.88 Å². The predicted octanol–water partition coefficient (Wildman–Crippen LogP) is 2.54. The van der Waals surface area contributed by atoms with Crippen molar-refractivity contribution >= 4 is 5.91 Å². The van der Waals surface area contributed by atoms with Crippen LogP contribution in [0.3, 0.4) is 0 Å². The lowest BCUT2D eigenvalue weighted by atomic mass is 10.2. The van der Waals surface area contributed by atoms with E-state index in [-0.39, 0.29) is 17.9 Å². The van der Waals surface area contributed by atoms with E-state index < -0.39 is 11.9 Å². The topological polar surface area (TPSA) is 98.9 Å². The molecule has 4 heterocycles. The standard InChI is InChI=1S/C19H18F3N7O2/c20-19(21,22)15-11-25-16(12-24-15)31-13-3-2-9-28(10-5-13)18(30)14-4-1-6-23-17(14)29-26-7-8-27-29/h1,4,6-8,11-13H,2-3,5,9-10H2. The largest absolute Gasteiger partial charge is 0.473 e. The highest BCUT2D eigenvalue weighted by Crippen LogP contribution is 2.27. The Balaban J connectivity index is 1.41. The quantitative estimate of drug-likeness (QED) is 0.624. The van der Waals surface area contributed by atoms with E-state index >= 15 is 0 Å². The van der Waals surface area contributed by atoms with Gasteiger partial charge >= 0.3 is 6.18 Å². The van der Waals surface area contributed by atoms with Gasteiger partial charge in [0.25, 0.3) is 5.91 Å². The molecule has 3 aromatic heterocycles. The normalized spacial score (nSPS) is 17.3. The molecule has 0 aliphatic carbocycles. The lowest BCUT2D eigenvalue weighted by molar-refractivity contribution is -0.141. The van der Waals surface area contributed by atoms with Crippen LogP contribution in [0.1, 0.15) is 35.3 Å². The maximum absolute atomic E-state index is 13.1. The van der Waals surface area contributed by atoms with Crippen LogP contribution in [0.4, 0.5) is 13.2 Å². The SMILES string of the molecule is O=C(c1cccnc1-n1nccn1)N1CCCC(Oc2cnc(C(F)(F)F)cn2)CC1. The maximum Gasteiger partial charge on any atom is 0.434 e. The number of amides is 1. The number of hydrogen-bond donors (Lipinski definition) is 0. The second-order valence-corrected chi connectivity index (χ2v) is 6.89. The monoisotopic (exact) mass is 433 g/mol. The van der Waals surface area contributed by atoms with Crippen LogP contribution in [0.15, 0.2) is 43.1 Å². The number of alkyl halides is 3. The molecule has 0 spiro atoms. The Morgan fingerprint density at radius 3 is 2.55 bits per heavy atom. The van der Waals surface area contributed by atoms with E-state index in [2.05, 4.69) is 25.1 Å². The van der Waals surface area contributed by atoms with E-state index in [1.54, 1.807) is 23.2 Å². The second kappa shape index (κ2) is 8.66. The van der Waals surface area contributed by atoms with Crippen molar-refractivity contribution in [3.05, 3.63) is 54.4 Å².